The van der Waals surface area contributed by atoms with Crippen molar-refractivity contribution in [3.8, 4) is 0 Å². The lowest BCUT2D eigenvalue weighted by molar-refractivity contribution is 0.1000. The average Bonchev–Trinajstić information content (AvgIpc) is 2.59. The summed E-state index contributed by atoms with van der Waals surface area (Å²) in [5.74, 6) is -0.369. The number of nitrogens with zero attached hydrogens (tertiary/aromatic N) is 2. The van der Waals surface area contributed by atoms with Crippen LogP contribution in [0.3, 0.4) is 0 Å². The third-order valence-corrected chi connectivity index (χ3v) is 4.76. The molecule has 2 aromatic carbocycles. The Morgan fingerprint density at radius 2 is 1.50 bits per heavy atom. The monoisotopic (exact) mass is 323 g/mol. The molecule has 2 N–H and O–H groups in total. The minimum Gasteiger partial charge on any atom is -0.366 e. The first-order valence-electron chi connectivity index (χ1n) is 8.50. The summed E-state index contributed by atoms with van der Waals surface area (Å²) in [6, 6.07) is 16.2. The molecule has 0 bridgehead atoms. The molecule has 1 saturated heterocycles. The maximum absolute atomic E-state index is 11.1. The van der Waals surface area contributed by atoms with Gasteiger partial charge in [-0.15, -0.1) is 0 Å². The number of benzene rings is 2. The lowest BCUT2D eigenvalue weighted by Gasteiger charge is -2.35. The van der Waals surface area contributed by atoms with Crippen LogP contribution >= 0.6 is 0 Å². The van der Waals surface area contributed by atoms with E-state index in [1.807, 2.05) is 24.3 Å². The predicted molar refractivity (Wildman–Crippen MR) is 96.7 cm³/mol. The van der Waals surface area contributed by atoms with Crippen molar-refractivity contribution < 1.29 is 4.79 Å². The Balaban J connectivity index is 1.50. The van der Waals surface area contributed by atoms with Gasteiger partial charge in [0.2, 0.25) is 5.91 Å². The summed E-state index contributed by atoms with van der Waals surface area (Å²) < 4.78 is 0. The number of hydrogen-bond donors (Lipinski definition) is 1. The van der Waals surface area contributed by atoms with E-state index in [1.54, 1.807) is 0 Å². The number of carbonyl (C=O) groups is 1. The smallest absolute Gasteiger partial charge is 0.248 e. The molecule has 1 aliphatic rings. The fraction of sp³-hybridized carbons (Fsp3) is 0.350. The van der Waals surface area contributed by atoms with Gasteiger partial charge in [-0.05, 0) is 35.7 Å². The highest BCUT2D eigenvalue weighted by Crippen LogP contribution is 2.14. The molecular formula is C20H25N3O. The SMILES string of the molecule is Cc1ccccc1CN1CCN(Cc2ccc(C(N)=O)cc2)CC1. The third-order valence-electron chi connectivity index (χ3n) is 4.76. The highest BCUT2D eigenvalue weighted by atomic mass is 16.1. The lowest BCUT2D eigenvalue weighted by Crippen LogP contribution is -2.45. The van der Waals surface area contributed by atoms with Crippen molar-refractivity contribution in [1.82, 2.24) is 9.80 Å². The standard InChI is InChI=1S/C20H25N3O/c1-16-4-2-3-5-19(16)15-23-12-10-22(11-13-23)14-17-6-8-18(9-7-17)20(21)24/h2-9H,10-15H2,1H3,(H2,21,24). The first-order chi connectivity index (χ1) is 11.6. The molecule has 0 atom stereocenters. The fourth-order valence-corrected chi connectivity index (χ4v) is 3.17. The van der Waals surface area contributed by atoms with Gasteiger partial charge >= 0.3 is 0 Å². The van der Waals surface area contributed by atoms with E-state index in [0.717, 1.165) is 39.3 Å². The van der Waals surface area contributed by atoms with E-state index in [-0.39, 0.29) is 5.91 Å². The average molecular weight is 323 g/mol. The van der Waals surface area contributed by atoms with Crippen LogP contribution in [0.2, 0.25) is 0 Å². The van der Waals surface area contributed by atoms with Gasteiger partial charge in [-0.1, -0.05) is 36.4 Å². The van der Waals surface area contributed by atoms with Crippen LogP contribution in [-0.4, -0.2) is 41.9 Å². The molecule has 4 nitrogen and oxygen atoms in total. The van der Waals surface area contributed by atoms with Gasteiger partial charge in [0.05, 0.1) is 0 Å². The number of piperazine rings is 1. The summed E-state index contributed by atoms with van der Waals surface area (Å²) in [6.45, 7) is 8.47. The molecule has 24 heavy (non-hydrogen) atoms. The Morgan fingerprint density at radius 1 is 0.917 bits per heavy atom. The number of hydrogen-bond acceptors (Lipinski definition) is 3. The summed E-state index contributed by atoms with van der Waals surface area (Å²) in [5.41, 5.74) is 9.88. The molecule has 3 rings (SSSR count). The van der Waals surface area contributed by atoms with Crippen molar-refractivity contribution in [2.45, 2.75) is 20.0 Å². The second kappa shape index (κ2) is 7.60. The minimum absolute atomic E-state index is 0.369. The molecule has 0 radical (unpaired) electrons. The number of amides is 1. The first-order valence-corrected chi connectivity index (χ1v) is 8.50. The van der Waals surface area contributed by atoms with Crippen LogP contribution in [0.4, 0.5) is 0 Å². The van der Waals surface area contributed by atoms with E-state index in [4.69, 9.17) is 5.73 Å². The predicted octanol–water partition coefficient (Wildman–Crippen LogP) is 2.41. The number of rotatable bonds is 5. The van der Waals surface area contributed by atoms with Crippen LogP contribution in [-0.2, 0) is 13.1 Å². The molecule has 1 fully saturated rings. The van der Waals surface area contributed by atoms with Crippen molar-refractivity contribution in [3.05, 3.63) is 70.8 Å². The zero-order chi connectivity index (χ0) is 16.9. The van der Waals surface area contributed by atoms with Gasteiger partial charge in [0.1, 0.15) is 0 Å². The first kappa shape index (κ1) is 16.7. The van der Waals surface area contributed by atoms with E-state index < -0.39 is 0 Å². The lowest BCUT2D eigenvalue weighted by atomic mass is 10.1. The summed E-state index contributed by atoms with van der Waals surface area (Å²) in [7, 11) is 0. The van der Waals surface area contributed by atoms with Crippen molar-refractivity contribution in [3.63, 3.8) is 0 Å². The van der Waals surface area contributed by atoms with Crippen molar-refractivity contribution >= 4 is 5.91 Å². The highest BCUT2D eigenvalue weighted by Gasteiger charge is 2.17. The van der Waals surface area contributed by atoms with Gasteiger partial charge in [0.25, 0.3) is 0 Å². The zero-order valence-electron chi connectivity index (χ0n) is 14.2. The zero-order valence-corrected chi connectivity index (χ0v) is 14.2. The van der Waals surface area contributed by atoms with Crippen LogP contribution < -0.4 is 5.73 Å². The Labute approximate surface area is 143 Å². The number of aryl methyl sites for hydroxylation is 1. The van der Waals surface area contributed by atoms with Gasteiger partial charge in [-0.2, -0.15) is 0 Å². The van der Waals surface area contributed by atoms with Crippen LogP contribution in [0.5, 0.6) is 0 Å². The number of nitrogens with two attached hydrogens (primary N) is 1. The third kappa shape index (κ3) is 4.22. The molecule has 0 saturated carbocycles. The van der Waals surface area contributed by atoms with E-state index in [9.17, 15) is 4.79 Å². The Kier molecular flexibility index (Phi) is 5.28. The number of primary amides is 1. The van der Waals surface area contributed by atoms with Gasteiger partial charge < -0.3 is 5.73 Å². The molecule has 0 aliphatic carbocycles. The van der Waals surface area contributed by atoms with Crippen LogP contribution in [0.1, 0.15) is 27.0 Å². The fourth-order valence-electron chi connectivity index (χ4n) is 3.17. The van der Waals surface area contributed by atoms with Crippen molar-refractivity contribution in [2.75, 3.05) is 26.2 Å². The second-order valence-corrected chi connectivity index (χ2v) is 6.54. The maximum atomic E-state index is 11.1. The molecule has 1 amide bonds. The van der Waals surface area contributed by atoms with Gasteiger partial charge in [-0.25, -0.2) is 0 Å². The molecule has 0 unspecified atom stereocenters. The molecule has 2 aromatic rings. The summed E-state index contributed by atoms with van der Waals surface area (Å²) in [5, 5.41) is 0. The Bertz CT molecular complexity index is 688. The van der Waals surface area contributed by atoms with Crippen molar-refractivity contribution in [1.29, 1.82) is 0 Å². The van der Waals surface area contributed by atoms with Crippen LogP contribution in [0, 0.1) is 6.92 Å². The van der Waals surface area contributed by atoms with Gasteiger partial charge in [0, 0.05) is 44.8 Å². The molecule has 0 aromatic heterocycles. The molecule has 4 heteroatoms. The molecule has 1 aliphatic heterocycles. The molecular weight excluding hydrogens is 298 g/mol. The molecule has 1 heterocycles. The van der Waals surface area contributed by atoms with E-state index in [2.05, 4.69) is 41.0 Å². The van der Waals surface area contributed by atoms with Gasteiger partial charge in [-0.3, -0.25) is 14.6 Å². The highest BCUT2D eigenvalue weighted by molar-refractivity contribution is 5.92. The van der Waals surface area contributed by atoms with Gasteiger partial charge in [0.15, 0.2) is 0 Å². The Hall–Kier alpha value is -2.17. The van der Waals surface area contributed by atoms with Crippen LogP contribution in [0.25, 0.3) is 0 Å². The van der Waals surface area contributed by atoms with E-state index in [1.165, 1.54) is 16.7 Å². The van der Waals surface area contributed by atoms with E-state index >= 15 is 0 Å². The van der Waals surface area contributed by atoms with E-state index in [0.29, 0.717) is 5.56 Å². The largest absolute Gasteiger partial charge is 0.366 e. The minimum atomic E-state index is -0.369. The quantitative estimate of drug-likeness (QED) is 0.919. The van der Waals surface area contributed by atoms with Crippen LogP contribution in [0.15, 0.2) is 48.5 Å². The summed E-state index contributed by atoms with van der Waals surface area (Å²) in [6.07, 6.45) is 0. The summed E-state index contributed by atoms with van der Waals surface area (Å²) in [4.78, 5) is 16.1. The second-order valence-electron chi connectivity index (χ2n) is 6.54. The topological polar surface area (TPSA) is 49.6 Å². The Morgan fingerprint density at radius 3 is 2.08 bits per heavy atom. The molecule has 0 spiro atoms. The normalized spacial score (nSPS) is 16.2. The van der Waals surface area contributed by atoms with Crippen molar-refractivity contribution in [2.24, 2.45) is 5.73 Å². The summed E-state index contributed by atoms with van der Waals surface area (Å²) >= 11 is 0. The number of carbonyl (C=O) groups excluding carboxylic acids is 1. The maximum Gasteiger partial charge on any atom is 0.248 e. The molecule has 126 valence electrons.